The van der Waals surface area contributed by atoms with Gasteiger partial charge in [-0.25, -0.2) is 0 Å². The predicted octanol–water partition coefficient (Wildman–Crippen LogP) is 2.43. The molecule has 0 amide bonds. The van der Waals surface area contributed by atoms with E-state index in [-0.39, 0.29) is 11.9 Å². The van der Waals surface area contributed by atoms with Crippen molar-refractivity contribution < 1.29 is 14.6 Å². The molecule has 0 heterocycles. The van der Waals surface area contributed by atoms with Gasteiger partial charge in [-0.2, -0.15) is 0 Å². The molecule has 0 aliphatic heterocycles. The number of phenols is 1. The molecule has 2 atom stereocenters. The summed E-state index contributed by atoms with van der Waals surface area (Å²) in [5, 5.41) is 9.55. The van der Waals surface area contributed by atoms with Gasteiger partial charge in [0.15, 0.2) is 0 Å². The van der Waals surface area contributed by atoms with E-state index >= 15 is 0 Å². The van der Waals surface area contributed by atoms with Gasteiger partial charge in [-0.3, -0.25) is 0 Å². The maximum absolute atomic E-state index is 9.55. The average molecular weight is 222 g/mol. The van der Waals surface area contributed by atoms with E-state index in [4.69, 9.17) is 9.47 Å². The van der Waals surface area contributed by atoms with Crippen molar-refractivity contribution in [3.63, 3.8) is 0 Å². The molecule has 16 heavy (non-hydrogen) atoms. The second-order valence-corrected chi connectivity index (χ2v) is 4.26. The monoisotopic (exact) mass is 222 g/mol. The van der Waals surface area contributed by atoms with Gasteiger partial charge in [0.05, 0.1) is 6.10 Å². The molecular weight excluding hydrogens is 204 g/mol. The van der Waals surface area contributed by atoms with E-state index < -0.39 is 5.60 Å². The quantitative estimate of drug-likeness (QED) is 0.853. The highest BCUT2D eigenvalue weighted by Crippen LogP contribution is 2.43. The van der Waals surface area contributed by atoms with Crippen molar-refractivity contribution in [3.05, 3.63) is 29.8 Å². The van der Waals surface area contributed by atoms with Crippen LogP contribution < -0.4 is 0 Å². The van der Waals surface area contributed by atoms with Crippen LogP contribution in [0.4, 0.5) is 0 Å². The number of benzene rings is 1. The SMILES string of the molecule is CO[C@@H]1CCC[C@]1(OC)c1cccc(O)c1. The molecule has 1 fully saturated rings. The second kappa shape index (κ2) is 4.44. The van der Waals surface area contributed by atoms with Crippen molar-refractivity contribution in [2.45, 2.75) is 31.0 Å². The van der Waals surface area contributed by atoms with E-state index in [1.165, 1.54) is 0 Å². The first-order chi connectivity index (χ1) is 7.73. The molecule has 0 aromatic heterocycles. The lowest BCUT2D eigenvalue weighted by Gasteiger charge is -2.33. The van der Waals surface area contributed by atoms with Crippen molar-refractivity contribution in [3.8, 4) is 5.75 Å². The molecule has 1 aliphatic rings. The standard InChI is InChI=1S/C13H18O3/c1-15-12-7-4-8-13(12,16-2)10-5-3-6-11(14)9-10/h3,5-6,9,12,14H,4,7-8H2,1-2H3/t12-,13+/m1/s1. The minimum absolute atomic E-state index is 0.0688. The van der Waals surface area contributed by atoms with Gasteiger partial charge in [-0.15, -0.1) is 0 Å². The summed E-state index contributed by atoms with van der Waals surface area (Å²) < 4.78 is 11.2. The third-order valence-corrected chi connectivity index (χ3v) is 3.52. The van der Waals surface area contributed by atoms with E-state index in [2.05, 4.69) is 0 Å². The highest BCUT2D eigenvalue weighted by atomic mass is 16.5. The van der Waals surface area contributed by atoms with Crippen molar-refractivity contribution in [1.82, 2.24) is 0 Å². The number of phenolic OH excluding ortho intramolecular Hbond substituents is 1. The third-order valence-electron chi connectivity index (χ3n) is 3.52. The number of rotatable bonds is 3. The van der Waals surface area contributed by atoms with Gasteiger partial charge in [0.2, 0.25) is 0 Å². The van der Waals surface area contributed by atoms with Crippen molar-refractivity contribution >= 4 is 0 Å². The molecule has 3 heteroatoms. The second-order valence-electron chi connectivity index (χ2n) is 4.26. The summed E-state index contributed by atoms with van der Waals surface area (Å²) >= 11 is 0. The third kappa shape index (κ3) is 1.70. The molecule has 1 N–H and O–H groups in total. The van der Waals surface area contributed by atoms with Gasteiger partial charge in [-0.1, -0.05) is 12.1 Å². The van der Waals surface area contributed by atoms with Crippen LogP contribution in [0.5, 0.6) is 5.75 Å². The molecule has 2 rings (SSSR count). The van der Waals surface area contributed by atoms with Crippen LogP contribution in [0.3, 0.4) is 0 Å². The highest BCUT2D eigenvalue weighted by molar-refractivity contribution is 5.33. The van der Waals surface area contributed by atoms with Crippen LogP contribution in [-0.2, 0) is 15.1 Å². The Kier molecular flexibility index (Phi) is 3.17. The Bertz CT molecular complexity index is 364. The lowest BCUT2D eigenvalue weighted by atomic mass is 9.89. The molecule has 88 valence electrons. The zero-order chi connectivity index (χ0) is 11.6. The van der Waals surface area contributed by atoms with Crippen LogP contribution in [0.2, 0.25) is 0 Å². The first kappa shape index (κ1) is 11.4. The summed E-state index contributed by atoms with van der Waals surface area (Å²) in [5.74, 6) is 0.274. The van der Waals surface area contributed by atoms with Gasteiger partial charge < -0.3 is 14.6 Å². The van der Waals surface area contributed by atoms with Crippen molar-refractivity contribution in [1.29, 1.82) is 0 Å². The van der Waals surface area contributed by atoms with Crippen LogP contribution in [0.1, 0.15) is 24.8 Å². The summed E-state index contributed by atoms with van der Waals surface area (Å²) in [6.45, 7) is 0. The van der Waals surface area contributed by atoms with Gasteiger partial charge in [0, 0.05) is 14.2 Å². The van der Waals surface area contributed by atoms with E-state index in [0.29, 0.717) is 0 Å². The van der Waals surface area contributed by atoms with E-state index in [1.54, 1.807) is 26.4 Å². The molecule has 0 unspecified atom stereocenters. The van der Waals surface area contributed by atoms with E-state index in [0.717, 1.165) is 24.8 Å². The first-order valence-electron chi connectivity index (χ1n) is 5.60. The van der Waals surface area contributed by atoms with Gasteiger partial charge >= 0.3 is 0 Å². The molecule has 3 nitrogen and oxygen atoms in total. The zero-order valence-electron chi connectivity index (χ0n) is 9.77. The number of aromatic hydroxyl groups is 1. The van der Waals surface area contributed by atoms with Gasteiger partial charge in [-0.05, 0) is 37.0 Å². The zero-order valence-corrected chi connectivity index (χ0v) is 9.77. The normalized spacial score (nSPS) is 29.5. The van der Waals surface area contributed by atoms with E-state index in [1.807, 2.05) is 12.1 Å². The molecule has 0 saturated heterocycles. The topological polar surface area (TPSA) is 38.7 Å². The van der Waals surface area contributed by atoms with Crippen LogP contribution >= 0.6 is 0 Å². The lowest BCUT2D eigenvalue weighted by molar-refractivity contribution is -0.104. The molecule has 1 aromatic rings. The minimum Gasteiger partial charge on any atom is -0.508 e. The Hall–Kier alpha value is -1.06. The van der Waals surface area contributed by atoms with Crippen LogP contribution in [-0.4, -0.2) is 25.4 Å². The summed E-state index contributed by atoms with van der Waals surface area (Å²) in [6, 6.07) is 7.27. The molecule has 1 aromatic carbocycles. The summed E-state index contributed by atoms with van der Waals surface area (Å²) in [4.78, 5) is 0. The number of hydrogen-bond acceptors (Lipinski definition) is 3. The van der Waals surface area contributed by atoms with Crippen LogP contribution in [0.15, 0.2) is 24.3 Å². The maximum atomic E-state index is 9.55. The van der Waals surface area contributed by atoms with Gasteiger partial charge in [0.1, 0.15) is 11.4 Å². The van der Waals surface area contributed by atoms with Gasteiger partial charge in [0.25, 0.3) is 0 Å². The predicted molar refractivity (Wildman–Crippen MR) is 61.4 cm³/mol. The fourth-order valence-electron chi connectivity index (χ4n) is 2.70. The number of hydrogen-bond donors (Lipinski definition) is 1. The summed E-state index contributed by atoms with van der Waals surface area (Å²) in [7, 11) is 3.42. The summed E-state index contributed by atoms with van der Waals surface area (Å²) in [5.41, 5.74) is 0.604. The average Bonchev–Trinajstić information content (AvgIpc) is 2.73. The molecule has 0 bridgehead atoms. The van der Waals surface area contributed by atoms with Crippen LogP contribution in [0, 0.1) is 0 Å². The molecule has 1 aliphatic carbocycles. The molecule has 1 saturated carbocycles. The largest absolute Gasteiger partial charge is 0.508 e. The molecule has 0 radical (unpaired) electrons. The minimum atomic E-state index is -0.395. The molecule has 0 spiro atoms. The first-order valence-corrected chi connectivity index (χ1v) is 5.60. The molecular formula is C13H18O3. The fourth-order valence-corrected chi connectivity index (χ4v) is 2.70. The Balaban J connectivity index is 2.41. The lowest BCUT2D eigenvalue weighted by Crippen LogP contribution is -2.37. The highest BCUT2D eigenvalue weighted by Gasteiger charge is 2.45. The number of methoxy groups -OCH3 is 2. The Morgan fingerprint density at radius 2 is 2.19 bits per heavy atom. The summed E-state index contributed by atoms with van der Waals surface area (Å²) in [6.07, 6.45) is 3.09. The van der Waals surface area contributed by atoms with Crippen molar-refractivity contribution in [2.75, 3.05) is 14.2 Å². The number of ether oxygens (including phenoxy) is 2. The Morgan fingerprint density at radius 1 is 1.38 bits per heavy atom. The Morgan fingerprint density at radius 3 is 2.81 bits per heavy atom. The Labute approximate surface area is 96.0 Å². The smallest absolute Gasteiger partial charge is 0.119 e. The van der Waals surface area contributed by atoms with Crippen LogP contribution in [0.25, 0.3) is 0 Å². The maximum Gasteiger partial charge on any atom is 0.119 e. The van der Waals surface area contributed by atoms with E-state index in [9.17, 15) is 5.11 Å². The van der Waals surface area contributed by atoms with Crippen molar-refractivity contribution in [2.24, 2.45) is 0 Å². The fraction of sp³-hybridized carbons (Fsp3) is 0.538.